The molecular weight excluding hydrogens is 861 g/mol. The fourth-order valence-electron chi connectivity index (χ4n) is 4.77. The van der Waals surface area contributed by atoms with Gasteiger partial charge in [-0.1, -0.05) is 12.1 Å². The Kier molecular flexibility index (Phi) is 13.2. The Morgan fingerprint density at radius 3 is 1.53 bits per heavy atom. The molecule has 306 valence electrons. The van der Waals surface area contributed by atoms with Gasteiger partial charge in [0.15, 0.2) is 0 Å². The normalized spacial score (nSPS) is 13.4. The quantitative estimate of drug-likeness (QED) is 0.0319. The maximum atomic E-state index is 12.8. The summed E-state index contributed by atoms with van der Waals surface area (Å²) in [7, 11) is -8.85. The van der Waals surface area contributed by atoms with Gasteiger partial charge in [-0.05, 0) is 88.9 Å². The lowest BCUT2D eigenvalue weighted by molar-refractivity contribution is 0.0698. The van der Waals surface area contributed by atoms with Crippen molar-refractivity contribution in [1.82, 2.24) is 0 Å². The molecule has 23 nitrogen and oxygen atoms in total. The molecule has 0 bridgehead atoms. The van der Waals surface area contributed by atoms with Crippen LogP contribution in [-0.2, 0) is 42.4 Å². The van der Waals surface area contributed by atoms with E-state index in [1.165, 1.54) is 60.7 Å². The Hall–Kier alpha value is -6.59. The number of azo groups is 4. The molecule has 27 heteroatoms. The first-order chi connectivity index (χ1) is 27.8. The maximum absolute atomic E-state index is 12.8. The summed E-state index contributed by atoms with van der Waals surface area (Å²) in [5.74, 6) is -1.99. The van der Waals surface area contributed by atoms with Gasteiger partial charge in [0.1, 0.15) is 55.2 Å². The highest BCUT2D eigenvalue weighted by molar-refractivity contribution is 7.86. The molecule has 5 aromatic rings. The van der Waals surface area contributed by atoms with Crippen molar-refractivity contribution >= 4 is 105 Å². The Morgan fingerprint density at radius 1 is 0.610 bits per heavy atom. The molecule has 5 rings (SSSR count). The number of nitrogen functional groups attached to an aromatic ring is 2. The summed E-state index contributed by atoms with van der Waals surface area (Å²) in [4.78, 5) is 11.0. The fourth-order valence-corrected chi connectivity index (χ4v) is 6.73. The number of aromatic carboxylic acids is 1. The molecule has 0 aliphatic carbocycles. The van der Waals surface area contributed by atoms with Gasteiger partial charge in [0.2, 0.25) is 0 Å². The molecule has 0 fully saturated rings. The second-order valence-corrected chi connectivity index (χ2v) is 15.9. The predicted octanol–water partition coefficient (Wildman–Crippen LogP) is 7.19. The van der Waals surface area contributed by atoms with Gasteiger partial charge in [-0.3, -0.25) is 17.5 Å². The minimum Gasteiger partial charge on any atom is -0.768 e. The van der Waals surface area contributed by atoms with Gasteiger partial charge in [-0.15, -0.1) is 30.7 Å². The van der Waals surface area contributed by atoms with Crippen molar-refractivity contribution in [3.05, 3.63) is 90.5 Å². The number of rotatable bonds is 14. The van der Waals surface area contributed by atoms with E-state index in [9.17, 15) is 53.4 Å². The number of benzene rings is 5. The molecule has 0 aliphatic rings. The molecule has 0 aliphatic heterocycles. The van der Waals surface area contributed by atoms with Gasteiger partial charge in [0, 0.05) is 15.9 Å². The standard InChI is InChI=1S/C32H26N10O13S4/c1-55-23-14-22(25(59(52,53)54)15-21(23)38-35-16-6-10-18(11-7-16)56(45)46)39-41-30-26(32(43)44)29(40-36-17-8-12-19(13-9-17)57(47)48)27(33)31(28(30)34)42-37-20-4-2-3-5-24(20)58(49,50)51/h2-15H,33-34H2,1H3,(H,43,44)(H,45,46)(H,47,48)(H,49,50,51)(H,52,53,54)/p-2. The second kappa shape index (κ2) is 17.9. The number of nitrogens with two attached hydrogens (primary N) is 2. The lowest BCUT2D eigenvalue weighted by atomic mass is 10.1. The van der Waals surface area contributed by atoms with Crippen molar-refractivity contribution in [2.75, 3.05) is 18.6 Å². The van der Waals surface area contributed by atoms with Crippen LogP contribution >= 0.6 is 0 Å². The van der Waals surface area contributed by atoms with E-state index >= 15 is 0 Å². The molecular formula is C32H24N10O13S4-2. The van der Waals surface area contributed by atoms with Crippen LogP contribution in [0.25, 0.3) is 0 Å². The summed E-state index contributed by atoms with van der Waals surface area (Å²) in [6.07, 6.45) is 0. The van der Waals surface area contributed by atoms with Crippen molar-refractivity contribution in [2.24, 2.45) is 40.9 Å². The summed E-state index contributed by atoms with van der Waals surface area (Å²) in [6.45, 7) is 0. The first-order valence-corrected chi connectivity index (χ1v) is 20.6. The van der Waals surface area contributed by atoms with Crippen LogP contribution in [0.1, 0.15) is 10.4 Å². The lowest BCUT2D eigenvalue weighted by Gasteiger charge is -2.14. The number of nitrogens with zero attached hydrogens (tertiary/aromatic N) is 8. The molecule has 0 spiro atoms. The Morgan fingerprint density at radius 2 is 1.05 bits per heavy atom. The lowest BCUT2D eigenvalue weighted by Crippen LogP contribution is -2.04. The third-order valence-corrected chi connectivity index (χ3v) is 10.6. The molecule has 2 unspecified atom stereocenters. The zero-order valence-electron chi connectivity index (χ0n) is 29.4. The highest BCUT2D eigenvalue weighted by atomic mass is 32.2. The van der Waals surface area contributed by atoms with Gasteiger partial charge < -0.3 is 30.4 Å². The molecule has 0 saturated carbocycles. The third-order valence-electron chi connectivity index (χ3n) is 7.50. The number of methoxy groups -OCH3 is 1. The first kappa shape index (κ1) is 43.5. The second-order valence-electron chi connectivity index (χ2n) is 11.2. The largest absolute Gasteiger partial charge is 0.768 e. The summed E-state index contributed by atoms with van der Waals surface area (Å²) < 4.78 is 119. The van der Waals surface area contributed by atoms with Crippen LogP contribution in [-0.4, -0.2) is 61.7 Å². The summed E-state index contributed by atoms with van der Waals surface area (Å²) in [5.41, 5.74) is 7.13. The average Bonchev–Trinajstić information content (AvgIpc) is 3.18. The molecule has 0 radical (unpaired) electrons. The van der Waals surface area contributed by atoms with Gasteiger partial charge in [-0.2, -0.15) is 27.1 Å². The van der Waals surface area contributed by atoms with Crippen LogP contribution in [0, 0.1) is 0 Å². The number of hydrogen-bond acceptors (Lipinski definition) is 20. The van der Waals surface area contributed by atoms with Crippen molar-refractivity contribution in [3.63, 3.8) is 0 Å². The first-order valence-electron chi connectivity index (χ1n) is 15.6. The monoisotopic (exact) mass is 884 g/mol. The number of ether oxygens (including phenoxy) is 1. The van der Waals surface area contributed by atoms with Gasteiger partial charge in [0.05, 0.1) is 29.9 Å². The van der Waals surface area contributed by atoms with Crippen molar-refractivity contribution < 1.29 is 58.1 Å². The van der Waals surface area contributed by atoms with Crippen LogP contribution < -0.4 is 16.2 Å². The van der Waals surface area contributed by atoms with E-state index in [4.69, 9.17) is 16.2 Å². The van der Waals surface area contributed by atoms with E-state index < -0.39 is 104 Å². The summed E-state index contributed by atoms with van der Waals surface area (Å²) in [5, 5.41) is 41.5. The molecule has 59 heavy (non-hydrogen) atoms. The molecule has 0 aromatic heterocycles. The van der Waals surface area contributed by atoms with E-state index in [1.807, 2.05) is 0 Å². The minimum absolute atomic E-state index is 0.00164. The highest BCUT2D eigenvalue weighted by Crippen LogP contribution is 2.50. The molecule has 5 aromatic carbocycles. The van der Waals surface area contributed by atoms with E-state index in [2.05, 4.69) is 40.9 Å². The zero-order chi connectivity index (χ0) is 43.2. The molecule has 2 atom stereocenters. The topological polar surface area (TPSA) is 386 Å². The Balaban J connectivity index is 1.72. The van der Waals surface area contributed by atoms with Gasteiger partial charge >= 0.3 is 5.97 Å². The number of hydrogen-bond donors (Lipinski definition) is 5. The van der Waals surface area contributed by atoms with Gasteiger partial charge in [0.25, 0.3) is 20.2 Å². The van der Waals surface area contributed by atoms with E-state index in [0.29, 0.717) is 0 Å². The van der Waals surface area contributed by atoms with Crippen LogP contribution in [0.2, 0.25) is 0 Å². The summed E-state index contributed by atoms with van der Waals surface area (Å²) >= 11 is -5.10. The molecule has 0 amide bonds. The van der Waals surface area contributed by atoms with Crippen LogP contribution in [0.3, 0.4) is 0 Å². The SMILES string of the molecule is COc1cc(N=Nc2c(N)c(N=Nc3ccccc3S(=O)(=O)O)c(N)c(N=Nc3ccc(S(=O)[O-])cc3)c2C(=O)O)c(S(=O)(=O)O)cc1N=Nc1ccc(S(=O)[O-])cc1. The molecule has 7 N–H and O–H groups in total. The van der Waals surface area contributed by atoms with E-state index in [-0.39, 0.29) is 32.6 Å². The molecule has 0 heterocycles. The van der Waals surface area contributed by atoms with E-state index in [0.717, 1.165) is 31.4 Å². The number of carboxylic acid groups (broad SMARTS) is 1. The average molecular weight is 885 g/mol. The highest BCUT2D eigenvalue weighted by Gasteiger charge is 2.28. The maximum Gasteiger partial charge on any atom is 0.340 e. The van der Waals surface area contributed by atoms with Crippen molar-refractivity contribution in [2.45, 2.75) is 19.6 Å². The van der Waals surface area contributed by atoms with Crippen LogP contribution in [0.5, 0.6) is 5.75 Å². The van der Waals surface area contributed by atoms with Crippen LogP contribution in [0.15, 0.2) is 145 Å². The Bertz CT molecular complexity index is 2870. The third kappa shape index (κ3) is 10.3. The van der Waals surface area contributed by atoms with Crippen molar-refractivity contribution in [1.29, 1.82) is 0 Å². The number of carbonyl (C=O) groups is 1. The smallest absolute Gasteiger partial charge is 0.340 e. The van der Waals surface area contributed by atoms with Crippen molar-refractivity contribution in [3.8, 4) is 5.75 Å². The predicted molar refractivity (Wildman–Crippen MR) is 205 cm³/mol. The number of anilines is 2. The van der Waals surface area contributed by atoms with E-state index in [1.54, 1.807) is 0 Å². The summed E-state index contributed by atoms with van der Waals surface area (Å²) in [6, 6.07) is 16.3. The van der Waals surface area contributed by atoms with Gasteiger partial charge in [-0.25, -0.2) is 4.79 Å². The number of carboxylic acids is 1. The Labute approximate surface area is 337 Å². The minimum atomic E-state index is -5.17. The zero-order valence-corrected chi connectivity index (χ0v) is 32.6. The molecule has 0 saturated heterocycles. The van der Waals surface area contributed by atoms with Crippen LogP contribution in [0.4, 0.5) is 56.9 Å². The fraction of sp³-hybridized carbons (Fsp3) is 0.0312.